The summed E-state index contributed by atoms with van der Waals surface area (Å²) in [6, 6.07) is 8.29. The van der Waals surface area contributed by atoms with Gasteiger partial charge in [0.25, 0.3) is 0 Å². The number of benzene rings is 1. The highest BCUT2D eigenvalue weighted by Crippen LogP contribution is 2.39. The first-order valence-electron chi connectivity index (χ1n) is 9.46. The number of nitrogens with one attached hydrogen (secondary N) is 1. The second-order valence-corrected chi connectivity index (χ2v) is 6.83. The molecule has 1 atom stereocenters. The van der Waals surface area contributed by atoms with Crippen LogP contribution in [-0.4, -0.2) is 45.9 Å². The summed E-state index contributed by atoms with van der Waals surface area (Å²) in [5.74, 6) is 3.98. The van der Waals surface area contributed by atoms with Gasteiger partial charge in [-0.05, 0) is 51.1 Å². The molecule has 1 aromatic carbocycles. The van der Waals surface area contributed by atoms with E-state index in [1.165, 1.54) is 12.8 Å². The molecule has 6 nitrogen and oxygen atoms in total. The summed E-state index contributed by atoms with van der Waals surface area (Å²) in [7, 11) is 4.90. The fraction of sp³-hybridized carbons (Fsp3) is 0.524. The minimum atomic E-state index is 0.243. The Kier molecular flexibility index (Phi) is 6.63. The van der Waals surface area contributed by atoms with Gasteiger partial charge in [-0.25, -0.2) is 0 Å². The van der Waals surface area contributed by atoms with Crippen molar-refractivity contribution in [2.24, 2.45) is 0 Å². The van der Waals surface area contributed by atoms with Crippen molar-refractivity contribution in [3.8, 4) is 17.2 Å². The largest absolute Gasteiger partial charge is 0.493 e. The molecule has 1 saturated heterocycles. The zero-order valence-electron chi connectivity index (χ0n) is 16.7. The summed E-state index contributed by atoms with van der Waals surface area (Å²) in [6.07, 6.45) is 2.50. The summed E-state index contributed by atoms with van der Waals surface area (Å²) in [4.78, 5) is 2.50. The molecule has 148 valence electrons. The molecule has 2 aromatic rings. The Morgan fingerprint density at radius 1 is 1.00 bits per heavy atom. The van der Waals surface area contributed by atoms with Crippen LogP contribution in [0.5, 0.6) is 17.2 Å². The lowest BCUT2D eigenvalue weighted by Crippen LogP contribution is -2.33. The number of ether oxygens (including phenoxy) is 3. The lowest BCUT2D eigenvalue weighted by atomic mass is 10.1. The lowest BCUT2D eigenvalue weighted by molar-refractivity contribution is 0.207. The van der Waals surface area contributed by atoms with E-state index >= 15 is 0 Å². The van der Waals surface area contributed by atoms with Gasteiger partial charge in [-0.3, -0.25) is 4.90 Å². The van der Waals surface area contributed by atoms with Crippen LogP contribution in [0.4, 0.5) is 0 Å². The van der Waals surface area contributed by atoms with Crippen LogP contribution in [-0.2, 0) is 6.54 Å². The van der Waals surface area contributed by atoms with Crippen LogP contribution >= 0.6 is 0 Å². The number of aryl methyl sites for hydroxylation is 1. The van der Waals surface area contributed by atoms with E-state index in [-0.39, 0.29) is 6.04 Å². The SMILES string of the molecule is COc1ccc(CNCC(c2ccc(C)o2)N2CCCC2)c(OC)c1OC. The quantitative estimate of drug-likeness (QED) is 0.725. The Morgan fingerprint density at radius 2 is 1.74 bits per heavy atom. The molecule has 1 unspecified atom stereocenters. The summed E-state index contributed by atoms with van der Waals surface area (Å²) in [5.41, 5.74) is 1.03. The van der Waals surface area contributed by atoms with Gasteiger partial charge in [0.1, 0.15) is 11.5 Å². The van der Waals surface area contributed by atoms with E-state index in [0.29, 0.717) is 23.8 Å². The standard InChI is InChI=1S/C21H30N2O4/c1-15-7-9-18(27-15)17(23-11-5-6-12-23)14-22-13-16-8-10-19(24-2)21(26-4)20(16)25-3/h7-10,17,22H,5-6,11-14H2,1-4H3. The number of rotatable bonds is 9. The van der Waals surface area contributed by atoms with Gasteiger partial charge < -0.3 is 23.9 Å². The molecule has 0 amide bonds. The minimum absolute atomic E-state index is 0.243. The molecule has 0 bridgehead atoms. The van der Waals surface area contributed by atoms with Crippen LogP contribution < -0.4 is 19.5 Å². The van der Waals surface area contributed by atoms with E-state index in [1.807, 2.05) is 25.1 Å². The molecule has 0 spiro atoms. The minimum Gasteiger partial charge on any atom is -0.493 e. The van der Waals surface area contributed by atoms with Crippen molar-refractivity contribution in [3.63, 3.8) is 0 Å². The first kappa shape index (κ1) is 19.6. The molecule has 0 radical (unpaired) electrons. The van der Waals surface area contributed by atoms with Gasteiger partial charge in [-0.2, -0.15) is 0 Å². The molecule has 0 aliphatic carbocycles. The van der Waals surface area contributed by atoms with E-state index in [9.17, 15) is 0 Å². The Morgan fingerprint density at radius 3 is 2.33 bits per heavy atom. The maximum atomic E-state index is 5.93. The van der Waals surface area contributed by atoms with Crippen molar-refractivity contribution in [3.05, 3.63) is 41.3 Å². The molecule has 1 aromatic heterocycles. The maximum Gasteiger partial charge on any atom is 0.203 e. The predicted octanol–water partition coefficient (Wildman–Crippen LogP) is 3.54. The fourth-order valence-corrected chi connectivity index (χ4v) is 3.74. The van der Waals surface area contributed by atoms with Gasteiger partial charge >= 0.3 is 0 Å². The van der Waals surface area contributed by atoms with E-state index in [0.717, 1.165) is 36.7 Å². The van der Waals surface area contributed by atoms with E-state index in [1.54, 1.807) is 21.3 Å². The van der Waals surface area contributed by atoms with Crippen molar-refractivity contribution < 1.29 is 18.6 Å². The van der Waals surface area contributed by atoms with Crippen LogP contribution in [0, 0.1) is 6.92 Å². The Hall–Kier alpha value is -2.18. The smallest absolute Gasteiger partial charge is 0.203 e. The Labute approximate surface area is 161 Å². The third-order valence-corrected chi connectivity index (χ3v) is 5.11. The van der Waals surface area contributed by atoms with Crippen LogP contribution in [0.2, 0.25) is 0 Å². The molecule has 3 rings (SSSR count). The Balaban J connectivity index is 1.71. The third-order valence-electron chi connectivity index (χ3n) is 5.11. The molecule has 27 heavy (non-hydrogen) atoms. The van der Waals surface area contributed by atoms with Crippen LogP contribution in [0.3, 0.4) is 0 Å². The normalized spacial score (nSPS) is 15.7. The number of likely N-dealkylation sites (tertiary alicyclic amines) is 1. The van der Waals surface area contributed by atoms with E-state index < -0.39 is 0 Å². The topological polar surface area (TPSA) is 56.1 Å². The molecule has 1 aliphatic rings. The number of hydrogen-bond acceptors (Lipinski definition) is 6. The highest BCUT2D eigenvalue weighted by molar-refractivity contribution is 5.55. The summed E-state index contributed by atoms with van der Waals surface area (Å²) >= 11 is 0. The van der Waals surface area contributed by atoms with E-state index in [2.05, 4.69) is 16.3 Å². The van der Waals surface area contributed by atoms with Gasteiger partial charge in [0.05, 0.1) is 27.4 Å². The molecular weight excluding hydrogens is 344 g/mol. The Bertz CT molecular complexity index is 738. The summed E-state index contributed by atoms with van der Waals surface area (Å²) in [6.45, 7) is 5.71. The zero-order chi connectivity index (χ0) is 19.2. The third kappa shape index (κ3) is 4.39. The molecule has 1 N–H and O–H groups in total. The number of furan rings is 1. The lowest BCUT2D eigenvalue weighted by Gasteiger charge is -2.26. The molecule has 2 heterocycles. The molecular formula is C21H30N2O4. The van der Waals surface area contributed by atoms with Crippen LogP contribution in [0.25, 0.3) is 0 Å². The summed E-state index contributed by atoms with van der Waals surface area (Å²) < 4.78 is 22.3. The van der Waals surface area contributed by atoms with E-state index in [4.69, 9.17) is 18.6 Å². The molecule has 1 aliphatic heterocycles. The molecule has 0 saturated carbocycles. The summed E-state index contributed by atoms with van der Waals surface area (Å²) in [5, 5.41) is 3.57. The molecule has 1 fully saturated rings. The average molecular weight is 374 g/mol. The predicted molar refractivity (Wildman–Crippen MR) is 105 cm³/mol. The van der Waals surface area contributed by atoms with Crippen molar-refractivity contribution in [2.75, 3.05) is 41.0 Å². The monoisotopic (exact) mass is 374 g/mol. The average Bonchev–Trinajstić information content (AvgIpc) is 3.36. The molecule has 6 heteroatoms. The number of nitrogens with zero attached hydrogens (tertiary/aromatic N) is 1. The van der Waals surface area contributed by atoms with Crippen molar-refractivity contribution in [1.82, 2.24) is 10.2 Å². The van der Waals surface area contributed by atoms with Gasteiger partial charge in [0.2, 0.25) is 5.75 Å². The first-order valence-corrected chi connectivity index (χ1v) is 9.46. The highest BCUT2D eigenvalue weighted by Gasteiger charge is 2.26. The van der Waals surface area contributed by atoms with Crippen molar-refractivity contribution in [1.29, 1.82) is 0 Å². The second kappa shape index (κ2) is 9.15. The second-order valence-electron chi connectivity index (χ2n) is 6.83. The van der Waals surface area contributed by atoms with Gasteiger partial charge in [-0.15, -0.1) is 0 Å². The van der Waals surface area contributed by atoms with Gasteiger partial charge in [-0.1, -0.05) is 6.07 Å². The first-order chi connectivity index (χ1) is 13.2. The van der Waals surface area contributed by atoms with Crippen molar-refractivity contribution in [2.45, 2.75) is 32.4 Å². The van der Waals surface area contributed by atoms with Crippen LogP contribution in [0.15, 0.2) is 28.7 Å². The van der Waals surface area contributed by atoms with Gasteiger partial charge in [0, 0.05) is 18.7 Å². The highest BCUT2D eigenvalue weighted by atomic mass is 16.5. The van der Waals surface area contributed by atoms with Gasteiger partial charge in [0.15, 0.2) is 11.5 Å². The zero-order valence-corrected chi connectivity index (χ0v) is 16.7. The maximum absolute atomic E-state index is 5.93. The number of hydrogen-bond donors (Lipinski definition) is 1. The van der Waals surface area contributed by atoms with Crippen molar-refractivity contribution >= 4 is 0 Å². The number of methoxy groups -OCH3 is 3. The van der Waals surface area contributed by atoms with Crippen LogP contribution in [0.1, 0.15) is 36.0 Å². The fourth-order valence-electron chi connectivity index (χ4n) is 3.74.